The summed E-state index contributed by atoms with van der Waals surface area (Å²) < 4.78 is 16.9. The number of ether oxygens (including phenoxy) is 2. The first-order valence-corrected chi connectivity index (χ1v) is 12.7. The Labute approximate surface area is 231 Å². The molecule has 0 aliphatic carbocycles. The van der Waals surface area contributed by atoms with Crippen molar-refractivity contribution in [1.82, 2.24) is 4.98 Å². The Bertz CT molecular complexity index is 1670. The molecule has 0 unspecified atom stereocenters. The lowest BCUT2D eigenvalue weighted by molar-refractivity contribution is -0.111. The van der Waals surface area contributed by atoms with Gasteiger partial charge in [0, 0.05) is 29.4 Å². The monoisotopic (exact) mass is 530 g/mol. The van der Waals surface area contributed by atoms with Crippen LogP contribution in [0.5, 0.6) is 11.5 Å². The molecule has 3 aromatic carbocycles. The number of rotatable bonds is 10. The van der Waals surface area contributed by atoms with Gasteiger partial charge in [0.1, 0.15) is 29.9 Å². The Morgan fingerprint density at radius 3 is 2.60 bits per heavy atom. The van der Waals surface area contributed by atoms with Crippen LogP contribution in [0.1, 0.15) is 23.8 Å². The maximum absolute atomic E-state index is 12.7. The molecule has 0 fully saturated rings. The highest BCUT2D eigenvalue weighted by Crippen LogP contribution is 2.36. The second-order valence-corrected chi connectivity index (χ2v) is 8.72. The minimum atomic E-state index is -0.360. The van der Waals surface area contributed by atoms with E-state index >= 15 is 0 Å². The SMILES string of the molecule is CCOc1cc2ncc(C#N)c(Nc3ccc(OCc4ccccc4)cc3)c2cc1NC(=O)/C=C/c1ccco1. The number of aromatic nitrogens is 1. The number of nitrogens with one attached hydrogen (secondary N) is 2. The molecule has 0 aliphatic heterocycles. The van der Waals surface area contributed by atoms with Gasteiger partial charge < -0.3 is 24.5 Å². The van der Waals surface area contributed by atoms with E-state index in [0.717, 1.165) is 17.0 Å². The fourth-order valence-electron chi connectivity index (χ4n) is 4.05. The van der Waals surface area contributed by atoms with Crippen LogP contribution < -0.4 is 20.1 Å². The summed E-state index contributed by atoms with van der Waals surface area (Å²) in [4.78, 5) is 17.1. The van der Waals surface area contributed by atoms with Crippen LogP contribution in [0.15, 0.2) is 102 Å². The fourth-order valence-corrected chi connectivity index (χ4v) is 4.05. The number of furan rings is 1. The molecular weight excluding hydrogens is 504 g/mol. The van der Waals surface area contributed by atoms with Crippen molar-refractivity contribution in [3.05, 3.63) is 114 Å². The molecule has 40 heavy (non-hydrogen) atoms. The lowest BCUT2D eigenvalue weighted by Gasteiger charge is -2.16. The number of anilines is 3. The van der Waals surface area contributed by atoms with Gasteiger partial charge in [-0.3, -0.25) is 9.78 Å². The van der Waals surface area contributed by atoms with E-state index < -0.39 is 0 Å². The molecule has 198 valence electrons. The highest BCUT2D eigenvalue weighted by molar-refractivity contribution is 6.06. The maximum atomic E-state index is 12.7. The van der Waals surface area contributed by atoms with Crippen molar-refractivity contribution >= 4 is 39.9 Å². The van der Waals surface area contributed by atoms with Crippen LogP contribution in [0.2, 0.25) is 0 Å². The van der Waals surface area contributed by atoms with E-state index in [1.165, 1.54) is 18.5 Å². The average Bonchev–Trinajstić information content (AvgIpc) is 3.51. The number of hydrogen-bond acceptors (Lipinski definition) is 7. The van der Waals surface area contributed by atoms with Crippen LogP contribution in [-0.4, -0.2) is 17.5 Å². The van der Waals surface area contributed by atoms with E-state index in [0.29, 0.717) is 52.6 Å². The maximum Gasteiger partial charge on any atom is 0.248 e. The normalized spacial score (nSPS) is 10.8. The zero-order chi connectivity index (χ0) is 27.7. The molecular formula is C32H26N4O4. The van der Waals surface area contributed by atoms with Gasteiger partial charge in [-0.25, -0.2) is 0 Å². The number of amides is 1. The van der Waals surface area contributed by atoms with Crippen molar-refractivity contribution in [2.24, 2.45) is 0 Å². The highest BCUT2D eigenvalue weighted by Gasteiger charge is 2.15. The minimum Gasteiger partial charge on any atom is -0.492 e. The molecule has 0 bridgehead atoms. The lowest BCUT2D eigenvalue weighted by atomic mass is 10.1. The van der Waals surface area contributed by atoms with Gasteiger partial charge in [-0.2, -0.15) is 5.26 Å². The van der Waals surface area contributed by atoms with Crippen molar-refractivity contribution < 1.29 is 18.7 Å². The number of carbonyl (C=O) groups is 1. The van der Waals surface area contributed by atoms with E-state index in [-0.39, 0.29) is 5.91 Å². The number of nitriles is 1. The van der Waals surface area contributed by atoms with Gasteiger partial charge >= 0.3 is 0 Å². The van der Waals surface area contributed by atoms with Gasteiger partial charge in [0.2, 0.25) is 5.91 Å². The van der Waals surface area contributed by atoms with Gasteiger partial charge in [0.05, 0.1) is 35.3 Å². The number of fused-ring (bicyclic) bond motifs is 1. The molecule has 5 aromatic rings. The fraction of sp³-hybridized carbons (Fsp3) is 0.0938. The smallest absolute Gasteiger partial charge is 0.248 e. The second kappa shape index (κ2) is 12.3. The van der Waals surface area contributed by atoms with Crippen LogP contribution in [0.3, 0.4) is 0 Å². The van der Waals surface area contributed by atoms with Gasteiger partial charge in [-0.1, -0.05) is 30.3 Å². The zero-order valence-corrected chi connectivity index (χ0v) is 21.8. The Morgan fingerprint density at radius 2 is 1.88 bits per heavy atom. The first kappa shape index (κ1) is 26.1. The molecule has 5 rings (SSSR count). The largest absolute Gasteiger partial charge is 0.492 e. The van der Waals surface area contributed by atoms with Crippen LogP contribution in [0.25, 0.3) is 17.0 Å². The Balaban J connectivity index is 1.41. The minimum absolute atomic E-state index is 0.357. The Morgan fingerprint density at radius 1 is 1.05 bits per heavy atom. The molecule has 0 aliphatic rings. The molecule has 0 saturated carbocycles. The number of nitrogens with zero attached hydrogens (tertiary/aromatic N) is 2. The summed E-state index contributed by atoms with van der Waals surface area (Å²) in [5.74, 6) is 1.40. The predicted molar refractivity (Wildman–Crippen MR) is 154 cm³/mol. The molecule has 0 radical (unpaired) electrons. The lowest BCUT2D eigenvalue weighted by Crippen LogP contribution is -2.10. The molecule has 1 amide bonds. The first-order valence-electron chi connectivity index (χ1n) is 12.7. The molecule has 0 saturated heterocycles. The van der Waals surface area contributed by atoms with Crippen molar-refractivity contribution in [2.45, 2.75) is 13.5 Å². The predicted octanol–water partition coefficient (Wildman–Crippen LogP) is 7.07. The van der Waals surface area contributed by atoms with Crippen LogP contribution >= 0.6 is 0 Å². The van der Waals surface area contributed by atoms with Crippen molar-refractivity contribution in [2.75, 3.05) is 17.2 Å². The van der Waals surface area contributed by atoms with Crippen molar-refractivity contribution in [1.29, 1.82) is 5.26 Å². The van der Waals surface area contributed by atoms with Crippen LogP contribution in [-0.2, 0) is 11.4 Å². The second-order valence-electron chi connectivity index (χ2n) is 8.72. The average molecular weight is 531 g/mol. The molecule has 8 nitrogen and oxygen atoms in total. The van der Waals surface area contributed by atoms with E-state index in [9.17, 15) is 10.1 Å². The standard InChI is InChI=1S/C32H26N4O4/c1-2-38-30-18-28-27(17-29(30)36-31(37)15-14-25-9-6-16-39-25)32(23(19-33)20-34-28)35-24-10-12-26(13-11-24)40-21-22-7-4-3-5-8-22/h3-18,20H,2,21H2,1H3,(H,34,35)(H,36,37)/b15-14+. The van der Waals surface area contributed by atoms with E-state index in [1.807, 2.05) is 61.5 Å². The number of pyridine rings is 1. The summed E-state index contributed by atoms with van der Waals surface area (Å²) >= 11 is 0. The molecule has 0 spiro atoms. The molecule has 2 heterocycles. The number of carbonyl (C=O) groups excluding carboxylic acids is 1. The van der Waals surface area contributed by atoms with Gasteiger partial charge in [0.15, 0.2) is 0 Å². The topological polar surface area (TPSA) is 109 Å². The molecule has 8 heteroatoms. The Kier molecular flexibility index (Phi) is 8.04. The van der Waals surface area contributed by atoms with Gasteiger partial charge in [-0.15, -0.1) is 0 Å². The van der Waals surface area contributed by atoms with E-state index in [2.05, 4.69) is 21.7 Å². The van der Waals surface area contributed by atoms with Gasteiger partial charge in [-0.05, 0) is 61.0 Å². The van der Waals surface area contributed by atoms with Crippen LogP contribution in [0, 0.1) is 11.3 Å². The van der Waals surface area contributed by atoms with E-state index in [1.54, 1.807) is 30.3 Å². The molecule has 2 aromatic heterocycles. The first-order chi connectivity index (χ1) is 19.6. The quantitative estimate of drug-likeness (QED) is 0.186. The summed E-state index contributed by atoms with van der Waals surface area (Å²) in [6.45, 7) is 2.73. The summed E-state index contributed by atoms with van der Waals surface area (Å²) in [5, 5.41) is 16.7. The molecule has 2 N–H and O–H groups in total. The summed E-state index contributed by atoms with van der Waals surface area (Å²) in [5.41, 5.74) is 3.82. The zero-order valence-electron chi connectivity index (χ0n) is 21.8. The van der Waals surface area contributed by atoms with Gasteiger partial charge in [0.25, 0.3) is 0 Å². The summed E-state index contributed by atoms with van der Waals surface area (Å²) in [7, 11) is 0. The number of benzene rings is 3. The number of hydrogen-bond donors (Lipinski definition) is 2. The third-order valence-corrected chi connectivity index (χ3v) is 5.96. The van der Waals surface area contributed by atoms with Crippen LogP contribution in [0.4, 0.5) is 17.1 Å². The Hall–Kier alpha value is -5.55. The van der Waals surface area contributed by atoms with Crippen molar-refractivity contribution in [3.8, 4) is 17.6 Å². The third kappa shape index (κ3) is 6.29. The van der Waals surface area contributed by atoms with Crippen molar-refractivity contribution in [3.63, 3.8) is 0 Å². The summed E-state index contributed by atoms with van der Waals surface area (Å²) in [6, 6.07) is 26.6. The summed E-state index contributed by atoms with van der Waals surface area (Å²) in [6.07, 6.45) is 6.01. The highest BCUT2D eigenvalue weighted by atomic mass is 16.5. The molecule has 0 atom stereocenters. The third-order valence-electron chi connectivity index (χ3n) is 5.96. The van der Waals surface area contributed by atoms with E-state index in [4.69, 9.17) is 13.9 Å².